The van der Waals surface area contributed by atoms with E-state index in [1.54, 1.807) is 0 Å². The average Bonchev–Trinajstić information content (AvgIpc) is 2.41. The van der Waals surface area contributed by atoms with Gasteiger partial charge in [0.25, 0.3) is 0 Å². The first-order valence-corrected chi connectivity index (χ1v) is 5.88. The number of nitriles is 1. The SMILES string of the molecule is N#C[CH]c1cccc(OCCc2ccccc2)c1. The largest absolute Gasteiger partial charge is 0.493 e. The Morgan fingerprint density at radius 2 is 1.89 bits per heavy atom. The number of nitrogens with zero attached hydrogens (tertiary/aromatic N) is 1. The molecule has 89 valence electrons. The molecule has 0 spiro atoms. The van der Waals surface area contributed by atoms with E-state index in [1.165, 1.54) is 12.0 Å². The smallest absolute Gasteiger partial charge is 0.119 e. The van der Waals surface area contributed by atoms with Crippen LogP contribution >= 0.6 is 0 Å². The minimum atomic E-state index is 0.639. The van der Waals surface area contributed by atoms with Crippen molar-refractivity contribution >= 4 is 0 Å². The standard InChI is InChI=1S/C16H14NO/c17-11-9-15-7-4-8-16(13-15)18-12-10-14-5-2-1-3-6-14/h1-9,13H,10,12H2. The Bertz CT molecular complexity index is 528. The van der Waals surface area contributed by atoms with Crippen LogP contribution in [0.1, 0.15) is 11.1 Å². The molecule has 18 heavy (non-hydrogen) atoms. The second-order valence-electron chi connectivity index (χ2n) is 3.93. The summed E-state index contributed by atoms with van der Waals surface area (Å²) in [7, 11) is 0. The lowest BCUT2D eigenvalue weighted by molar-refractivity contribution is 0.322. The highest BCUT2D eigenvalue weighted by Crippen LogP contribution is 2.14. The molecule has 0 saturated heterocycles. The molecule has 2 rings (SSSR count). The van der Waals surface area contributed by atoms with Gasteiger partial charge in [0, 0.05) is 6.42 Å². The first kappa shape index (κ1) is 12.2. The minimum Gasteiger partial charge on any atom is -0.493 e. The molecule has 2 aromatic rings. The van der Waals surface area contributed by atoms with Crippen LogP contribution in [-0.4, -0.2) is 6.61 Å². The minimum absolute atomic E-state index is 0.639. The van der Waals surface area contributed by atoms with Crippen LogP contribution in [-0.2, 0) is 6.42 Å². The van der Waals surface area contributed by atoms with Gasteiger partial charge in [0.05, 0.1) is 19.1 Å². The Morgan fingerprint density at radius 3 is 2.67 bits per heavy atom. The van der Waals surface area contributed by atoms with Crippen LogP contribution in [0.5, 0.6) is 5.75 Å². The molecule has 0 bridgehead atoms. The molecule has 1 radical (unpaired) electrons. The highest BCUT2D eigenvalue weighted by atomic mass is 16.5. The van der Waals surface area contributed by atoms with E-state index in [-0.39, 0.29) is 0 Å². The number of rotatable bonds is 5. The van der Waals surface area contributed by atoms with E-state index in [0.717, 1.165) is 17.7 Å². The van der Waals surface area contributed by atoms with Crippen LogP contribution in [0.3, 0.4) is 0 Å². The van der Waals surface area contributed by atoms with Gasteiger partial charge in [-0.2, -0.15) is 5.26 Å². The average molecular weight is 236 g/mol. The van der Waals surface area contributed by atoms with Gasteiger partial charge in [-0.25, -0.2) is 0 Å². The number of benzene rings is 2. The number of ether oxygens (including phenoxy) is 1. The maximum Gasteiger partial charge on any atom is 0.119 e. The summed E-state index contributed by atoms with van der Waals surface area (Å²) in [4.78, 5) is 0. The lowest BCUT2D eigenvalue weighted by Crippen LogP contribution is -2.01. The lowest BCUT2D eigenvalue weighted by Gasteiger charge is -2.07. The molecular weight excluding hydrogens is 222 g/mol. The maximum atomic E-state index is 8.59. The lowest BCUT2D eigenvalue weighted by atomic mass is 10.1. The van der Waals surface area contributed by atoms with E-state index in [9.17, 15) is 0 Å². The Hall–Kier alpha value is -2.27. The Balaban J connectivity index is 1.87. The van der Waals surface area contributed by atoms with Crippen molar-refractivity contribution in [2.45, 2.75) is 6.42 Å². The number of hydrogen-bond donors (Lipinski definition) is 0. The van der Waals surface area contributed by atoms with Gasteiger partial charge in [-0.05, 0) is 23.3 Å². The summed E-state index contributed by atoms with van der Waals surface area (Å²) in [6.45, 7) is 0.639. The summed E-state index contributed by atoms with van der Waals surface area (Å²) in [5.74, 6) is 0.801. The van der Waals surface area contributed by atoms with E-state index in [0.29, 0.717) is 6.61 Å². The molecule has 0 fully saturated rings. The predicted molar refractivity (Wildman–Crippen MR) is 71.1 cm³/mol. The predicted octanol–water partition coefficient (Wildman–Crippen LogP) is 3.38. The Morgan fingerprint density at radius 1 is 1.06 bits per heavy atom. The van der Waals surface area contributed by atoms with Gasteiger partial charge in [0.2, 0.25) is 0 Å². The summed E-state index contributed by atoms with van der Waals surface area (Å²) in [5.41, 5.74) is 2.13. The van der Waals surface area contributed by atoms with Crippen LogP contribution in [0.4, 0.5) is 0 Å². The van der Waals surface area contributed by atoms with Gasteiger partial charge >= 0.3 is 0 Å². The molecule has 2 nitrogen and oxygen atoms in total. The highest BCUT2D eigenvalue weighted by molar-refractivity contribution is 5.36. The first-order valence-electron chi connectivity index (χ1n) is 5.88. The van der Waals surface area contributed by atoms with Crippen LogP contribution in [0.25, 0.3) is 0 Å². The highest BCUT2D eigenvalue weighted by Gasteiger charge is 1.97. The van der Waals surface area contributed by atoms with Gasteiger partial charge in [-0.3, -0.25) is 0 Å². The van der Waals surface area contributed by atoms with Gasteiger partial charge in [0.1, 0.15) is 5.75 Å². The maximum absolute atomic E-state index is 8.59. The molecule has 2 aromatic carbocycles. The summed E-state index contributed by atoms with van der Waals surface area (Å²) < 4.78 is 5.67. The van der Waals surface area contributed by atoms with Crippen molar-refractivity contribution in [2.75, 3.05) is 6.61 Å². The van der Waals surface area contributed by atoms with E-state index in [1.807, 2.05) is 48.5 Å². The Kier molecular flexibility index (Phi) is 4.38. The second-order valence-corrected chi connectivity index (χ2v) is 3.93. The topological polar surface area (TPSA) is 33.0 Å². The van der Waals surface area contributed by atoms with E-state index >= 15 is 0 Å². The van der Waals surface area contributed by atoms with Crippen LogP contribution in [0.2, 0.25) is 0 Å². The summed E-state index contributed by atoms with van der Waals surface area (Å²) in [6.07, 6.45) is 2.39. The molecule has 0 saturated carbocycles. The van der Waals surface area contributed by atoms with E-state index in [2.05, 4.69) is 12.1 Å². The monoisotopic (exact) mass is 236 g/mol. The van der Waals surface area contributed by atoms with Crippen LogP contribution in [0, 0.1) is 17.8 Å². The molecule has 0 aliphatic rings. The normalized spacial score (nSPS) is 9.72. The zero-order valence-corrected chi connectivity index (χ0v) is 10.0. The third kappa shape index (κ3) is 3.64. The first-order chi connectivity index (χ1) is 8.88. The number of hydrogen-bond acceptors (Lipinski definition) is 2. The third-order valence-electron chi connectivity index (χ3n) is 2.59. The second kappa shape index (κ2) is 6.46. The van der Waals surface area contributed by atoms with E-state index < -0.39 is 0 Å². The van der Waals surface area contributed by atoms with Crippen LogP contribution in [0.15, 0.2) is 54.6 Å². The van der Waals surface area contributed by atoms with Gasteiger partial charge in [-0.15, -0.1) is 0 Å². The molecule has 0 heterocycles. The van der Waals surface area contributed by atoms with Crippen molar-refractivity contribution in [3.05, 3.63) is 72.1 Å². The van der Waals surface area contributed by atoms with Crippen molar-refractivity contribution in [1.82, 2.24) is 0 Å². The molecule has 0 unspecified atom stereocenters. The Labute approximate surface area is 107 Å². The fourth-order valence-corrected chi connectivity index (χ4v) is 1.70. The molecule has 0 aliphatic carbocycles. The van der Waals surface area contributed by atoms with Crippen molar-refractivity contribution in [3.8, 4) is 11.8 Å². The summed E-state index contributed by atoms with van der Waals surface area (Å²) >= 11 is 0. The summed E-state index contributed by atoms with van der Waals surface area (Å²) in [5, 5.41) is 8.59. The zero-order valence-electron chi connectivity index (χ0n) is 10.0. The zero-order chi connectivity index (χ0) is 12.6. The fraction of sp³-hybridized carbons (Fsp3) is 0.125. The molecule has 0 amide bonds. The molecule has 0 aromatic heterocycles. The van der Waals surface area contributed by atoms with E-state index in [4.69, 9.17) is 10.00 Å². The van der Waals surface area contributed by atoms with Crippen LogP contribution < -0.4 is 4.74 Å². The molecule has 0 atom stereocenters. The van der Waals surface area contributed by atoms with Gasteiger partial charge < -0.3 is 4.74 Å². The van der Waals surface area contributed by atoms with Crippen molar-refractivity contribution in [1.29, 1.82) is 5.26 Å². The molecule has 2 heteroatoms. The van der Waals surface area contributed by atoms with Crippen molar-refractivity contribution in [2.24, 2.45) is 0 Å². The molecule has 0 N–H and O–H groups in total. The van der Waals surface area contributed by atoms with Crippen molar-refractivity contribution < 1.29 is 4.74 Å². The summed E-state index contributed by atoms with van der Waals surface area (Å²) in [6, 6.07) is 19.8. The molecular formula is C16H14NO. The van der Waals surface area contributed by atoms with Crippen molar-refractivity contribution in [3.63, 3.8) is 0 Å². The quantitative estimate of drug-likeness (QED) is 0.797. The fourth-order valence-electron chi connectivity index (χ4n) is 1.70. The third-order valence-corrected chi connectivity index (χ3v) is 2.59. The molecule has 0 aliphatic heterocycles. The van der Waals surface area contributed by atoms with Gasteiger partial charge in [-0.1, -0.05) is 42.5 Å². The van der Waals surface area contributed by atoms with Gasteiger partial charge in [0.15, 0.2) is 0 Å².